The van der Waals surface area contributed by atoms with Gasteiger partial charge in [-0.25, -0.2) is 8.78 Å². The van der Waals surface area contributed by atoms with Crippen LogP contribution < -0.4 is 15.4 Å². The van der Waals surface area contributed by atoms with E-state index >= 15 is 0 Å². The zero-order valence-electron chi connectivity index (χ0n) is 24.7. The van der Waals surface area contributed by atoms with Crippen molar-refractivity contribution >= 4 is 50.9 Å². The van der Waals surface area contributed by atoms with Crippen LogP contribution in [0.5, 0.6) is 6.01 Å². The molecule has 2 atom stereocenters. The molecule has 2 aromatic carbocycles. The fourth-order valence-corrected chi connectivity index (χ4v) is 6.45. The number of rotatable bonds is 8. The molecule has 0 radical (unpaired) electrons. The molecule has 45 heavy (non-hydrogen) atoms. The number of amides is 1. The smallest absolute Gasteiger partial charge is 0.319 e. The summed E-state index contributed by atoms with van der Waals surface area (Å²) >= 11 is 6.44. The van der Waals surface area contributed by atoms with Crippen molar-refractivity contribution in [3.05, 3.63) is 53.5 Å². The van der Waals surface area contributed by atoms with E-state index in [1.54, 1.807) is 23.1 Å². The Morgan fingerprint density at radius 1 is 1.24 bits per heavy atom. The van der Waals surface area contributed by atoms with Crippen molar-refractivity contribution in [1.29, 1.82) is 5.26 Å². The fourth-order valence-electron chi connectivity index (χ4n) is 6.24. The van der Waals surface area contributed by atoms with Crippen LogP contribution in [0.15, 0.2) is 47.1 Å². The third-order valence-corrected chi connectivity index (χ3v) is 8.90. The quantitative estimate of drug-likeness (QED) is 0.202. The van der Waals surface area contributed by atoms with Gasteiger partial charge in [0.15, 0.2) is 0 Å². The maximum Gasteiger partial charge on any atom is 0.319 e. The number of aromatic nitrogens is 2. The van der Waals surface area contributed by atoms with E-state index in [0.717, 1.165) is 25.5 Å². The van der Waals surface area contributed by atoms with Crippen LogP contribution in [-0.2, 0) is 4.79 Å². The number of nitrogens with zero attached hydrogens (tertiary/aromatic N) is 6. The van der Waals surface area contributed by atoms with Gasteiger partial charge in [0.2, 0.25) is 5.91 Å². The number of benzene rings is 2. The first-order chi connectivity index (χ1) is 21.8. The number of piperazine rings is 1. The summed E-state index contributed by atoms with van der Waals surface area (Å²) in [4.78, 5) is 28.2. The molecule has 0 bridgehead atoms. The number of nitrogens with two attached hydrogens (primary N) is 1. The number of likely N-dealkylation sites (tertiary alicyclic amines) is 1. The summed E-state index contributed by atoms with van der Waals surface area (Å²) in [7, 11) is 2.06. The van der Waals surface area contributed by atoms with Gasteiger partial charge in [0.05, 0.1) is 40.7 Å². The number of allylic oxidation sites excluding steroid dienone is 1. The van der Waals surface area contributed by atoms with Gasteiger partial charge in [-0.1, -0.05) is 11.6 Å². The molecule has 10 nitrogen and oxygen atoms in total. The van der Waals surface area contributed by atoms with Gasteiger partial charge in [0.25, 0.3) is 0 Å². The summed E-state index contributed by atoms with van der Waals surface area (Å²) in [5.74, 6) is -0.483. The number of hydrogen-bond donors (Lipinski definition) is 1. The van der Waals surface area contributed by atoms with E-state index in [1.807, 2.05) is 4.90 Å². The van der Waals surface area contributed by atoms with Crippen LogP contribution in [0.4, 0.5) is 20.3 Å². The lowest BCUT2D eigenvalue weighted by Gasteiger charge is -2.41. The summed E-state index contributed by atoms with van der Waals surface area (Å²) in [6, 6.07) is 8.40. The van der Waals surface area contributed by atoms with Crippen molar-refractivity contribution in [2.24, 2.45) is 0 Å². The SMILES string of the molecule is CN1CCC[C@H]1COc1nc(N2CCN(C(=O)/C=C/CF)[C@@H](CC#N)C2)c2c(cc(-c3cc(N)cc(F)c3Cl)c3ccoc32)n1. The summed E-state index contributed by atoms with van der Waals surface area (Å²) in [5.41, 5.74) is 8.12. The molecular formula is C32H32ClF2N7O3. The average molecular weight is 636 g/mol. The van der Waals surface area contributed by atoms with Crippen molar-refractivity contribution in [2.45, 2.75) is 31.3 Å². The Hall–Kier alpha value is -4.47. The molecule has 0 aliphatic carbocycles. The van der Waals surface area contributed by atoms with Crippen LogP contribution >= 0.6 is 11.6 Å². The highest BCUT2D eigenvalue weighted by molar-refractivity contribution is 6.34. The summed E-state index contributed by atoms with van der Waals surface area (Å²) < 4.78 is 39.6. The van der Waals surface area contributed by atoms with Gasteiger partial charge in [-0.3, -0.25) is 4.79 Å². The Bertz CT molecular complexity index is 1820. The molecule has 2 N–H and O–H groups in total. The predicted molar refractivity (Wildman–Crippen MR) is 168 cm³/mol. The zero-order chi connectivity index (χ0) is 31.7. The number of ether oxygens (including phenoxy) is 1. The average Bonchev–Trinajstić information content (AvgIpc) is 3.69. The first kappa shape index (κ1) is 30.6. The molecule has 234 valence electrons. The van der Waals surface area contributed by atoms with E-state index < -0.39 is 18.5 Å². The van der Waals surface area contributed by atoms with Crippen molar-refractivity contribution in [3.8, 4) is 23.2 Å². The topological polar surface area (TPSA) is 125 Å². The molecule has 2 aliphatic rings. The van der Waals surface area contributed by atoms with Gasteiger partial charge in [-0.15, -0.1) is 0 Å². The van der Waals surface area contributed by atoms with E-state index in [0.29, 0.717) is 52.0 Å². The lowest BCUT2D eigenvalue weighted by atomic mass is 9.98. The second-order valence-electron chi connectivity index (χ2n) is 11.3. The molecule has 2 aliphatic heterocycles. The number of furan rings is 1. The van der Waals surface area contributed by atoms with E-state index in [1.165, 1.54) is 18.4 Å². The molecule has 2 fully saturated rings. The zero-order valence-corrected chi connectivity index (χ0v) is 25.4. The van der Waals surface area contributed by atoms with Crippen LogP contribution in [0.2, 0.25) is 5.02 Å². The van der Waals surface area contributed by atoms with Crippen molar-refractivity contribution in [1.82, 2.24) is 19.8 Å². The van der Waals surface area contributed by atoms with Gasteiger partial charge < -0.3 is 29.6 Å². The monoisotopic (exact) mass is 635 g/mol. The Morgan fingerprint density at radius 2 is 2.09 bits per heavy atom. The second kappa shape index (κ2) is 12.9. The lowest BCUT2D eigenvalue weighted by Crippen LogP contribution is -2.55. The Morgan fingerprint density at radius 3 is 2.84 bits per heavy atom. The number of likely N-dealkylation sites (N-methyl/N-ethyl adjacent to an activating group) is 1. The van der Waals surface area contributed by atoms with E-state index in [4.69, 9.17) is 36.5 Å². The van der Waals surface area contributed by atoms with Crippen molar-refractivity contribution in [3.63, 3.8) is 0 Å². The molecule has 2 saturated heterocycles. The molecule has 0 spiro atoms. The molecule has 0 saturated carbocycles. The number of carbonyl (C=O) groups excluding carboxylic acids is 1. The van der Waals surface area contributed by atoms with E-state index in [-0.39, 0.29) is 48.2 Å². The highest BCUT2D eigenvalue weighted by atomic mass is 35.5. The van der Waals surface area contributed by atoms with Gasteiger partial charge in [0, 0.05) is 48.4 Å². The minimum absolute atomic E-state index is 0.0753. The minimum Gasteiger partial charge on any atom is -0.463 e. The second-order valence-corrected chi connectivity index (χ2v) is 11.7. The van der Waals surface area contributed by atoms with E-state index in [9.17, 15) is 18.8 Å². The van der Waals surface area contributed by atoms with Gasteiger partial charge in [0.1, 0.15) is 30.5 Å². The third-order valence-electron chi connectivity index (χ3n) is 8.52. The number of anilines is 2. The number of fused-ring (bicyclic) bond motifs is 3. The predicted octanol–water partition coefficient (Wildman–Crippen LogP) is 5.35. The highest BCUT2D eigenvalue weighted by Crippen LogP contribution is 2.43. The molecule has 6 rings (SSSR count). The van der Waals surface area contributed by atoms with Crippen LogP contribution in [-0.4, -0.2) is 84.3 Å². The molecule has 0 unspecified atom stereocenters. The lowest BCUT2D eigenvalue weighted by molar-refractivity contribution is -0.128. The Labute approximate surface area is 263 Å². The van der Waals surface area contributed by atoms with Crippen LogP contribution in [0.3, 0.4) is 0 Å². The van der Waals surface area contributed by atoms with Gasteiger partial charge >= 0.3 is 6.01 Å². The number of nitrogen functional groups attached to an aromatic ring is 1. The molecule has 2 aromatic heterocycles. The summed E-state index contributed by atoms with van der Waals surface area (Å²) in [5, 5.41) is 10.7. The molecule has 1 amide bonds. The number of hydrogen-bond acceptors (Lipinski definition) is 9. The van der Waals surface area contributed by atoms with Gasteiger partial charge in [-0.2, -0.15) is 15.2 Å². The molecule has 4 heterocycles. The number of carbonyl (C=O) groups is 1. The maximum atomic E-state index is 14.7. The van der Waals surface area contributed by atoms with Crippen LogP contribution in [0.1, 0.15) is 19.3 Å². The van der Waals surface area contributed by atoms with Crippen LogP contribution in [0.25, 0.3) is 33.0 Å². The Kier molecular flexibility index (Phi) is 8.74. The van der Waals surface area contributed by atoms with Crippen molar-refractivity contribution in [2.75, 3.05) is 57.1 Å². The fraction of sp³-hybridized carbons (Fsp3) is 0.375. The number of halogens is 3. The largest absolute Gasteiger partial charge is 0.463 e. The van der Waals surface area contributed by atoms with Crippen molar-refractivity contribution < 1.29 is 22.7 Å². The minimum atomic E-state index is -0.754. The summed E-state index contributed by atoms with van der Waals surface area (Å²) in [6.07, 6.45) is 6.04. The standard InChI is InChI=1S/C32H32ClF2N7O3/c1-40-10-3-4-21(40)18-45-32-38-26-16-23(24-14-19(37)15-25(35)29(24)33)22-7-13-44-30(22)28(26)31(39-32)41-11-12-42(20(17-41)6-9-36)27(43)5-2-8-34/h2,5,7,13-16,20-21H,3-4,6,8,10-12,17-18,37H2,1H3/b5-2+/t20-,21-/m0/s1. The van der Waals surface area contributed by atoms with Gasteiger partial charge in [-0.05, 0) is 62.3 Å². The van der Waals surface area contributed by atoms with E-state index in [2.05, 4.69) is 18.0 Å². The normalized spacial score (nSPS) is 19.2. The number of alkyl halides is 1. The van der Waals surface area contributed by atoms with Crippen LogP contribution in [0, 0.1) is 17.1 Å². The molecule has 13 heteroatoms. The third kappa shape index (κ3) is 5.98. The molecule has 4 aromatic rings. The highest BCUT2D eigenvalue weighted by Gasteiger charge is 2.32. The molecular weight excluding hydrogens is 604 g/mol. The summed E-state index contributed by atoms with van der Waals surface area (Å²) in [6.45, 7) is 1.58. The first-order valence-electron chi connectivity index (χ1n) is 14.7. The first-order valence-corrected chi connectivity index (χ1v) is 15.1. The Balaban J connectivity index is 1.48. The maximum absolute atomic E-state index is 14.7. The number of nitriles is 1.